The lowest BCUT2D eigenvalue weighted by molar-refractivity contribution is -0.380. The lowest BCUT2D eigenvalue weighted by Crippen LogP contribution is -2.44. The molecule has 1 saturated carbocycles. The number of fused-ring (bicyclic) bond motifs is 1. The van der Waals surface area contributed by atoms with Gasteiger partial charge < -0.3 is 0 Å². The van der Waals surface area contributed by atoms with Crippen LogP contribution in [0.5, 0.6) is 0 Å². The van der Waals surface area contributed by atoms with Crippen LogP contribution in [-0.2, 0) is 9.59 Å². The van der Waals surface area contributed by atoms with Crippen LogP contribution in [0.25, 0.3) is 0 Å². The van der Waals surface area contributed by atoms with E-state index in [9.17, 15) is 29.3 Å². The number of ketones is 2. The van der Waals surface area contributed by atoms with Gasteiger partial charge in [0.25, 0.3) is 11.8 Å². The molecule has 1 aliphatic carbocycles. The number of nitrogens with zero attached hydrogens (tertiary/aromatic N) is 2. The molecule has 0 radical (unpaired) electrons. The smallest absolute Gasteiger partial charge is 0.299 e. The minimum Gasteiger partial charge on any atom is -0.299 e. The molecular weight excluding hydrogens is 312 g/mol. The van der Waals surface area contributed by atoms with Gasteiger partial charge in [0.15, 0.2) is 5.78 Å². The third kappa shape index (κ3) is 2.05. The van der Waals surface area contributed by atoms with Crippen LogP contribution in [-0.4, -0.2) is 39.2 Å². The lowest BCUT2D eigenvalue weighted by Gasteiger charge is -2.23. The topological polar surface area (TPSA) is 115 Å². The maximum atomic E-state index is 12.4. The van der Waals surface area contributed by atoms with Crippen molar-refractivity contribution in [2.75, 3.05) is 0 Å². The van der Waals surface area contributed by atoms with Crippen LogP contribution in [0.4, 0.5) is 5.00 Å². The highest BCUT2D eigenvalue weighted by Crippen LogP contribution is 2.38. The Hall–Kier alpha value is -2.42. The second kappa shape index (κ2) is 5.09. The quantitative estimate of drug-likeness (QED) is 0.267. The summed E-state index contributed by atoms with van der Waals surface area (Å²) >= 11 is 0.715. The van der Waals surface area contributed by atoms with Gasteiger partial charge in [-0.15, -0.1) is 0 Å². The van der Waals surface area contributed by atoms with Crippen molar-refractivity contribution in [1.82, 2.24) is 4.90 Å². The summed E-state index contributed by atoms with van der Waals surface area (Å²) in [6, 6.07) is -1.01. The van der Waals surface area contributed by atoms with Crippen molar-refractivity contribution in [2.45, 2.75) is 31.7 Å². The van der Waals surface area contributed by atoms with Crippen LogP contribution in [0.3, 0.4) is 0 Å². The van der Waals surface area contributed by atoms with Crippen LogP contribution in [0, 0.1) is 10.1 Å². The number of carbonyl (C=O) groups excluding carboxylic acids is 4. The second-order valence-corrected chi connectivity index (χ2v) is 6.01. The van der Waals surface area contributed by atoms with Crippen LogP contribution < -0.4 is 0 Å². The van der Waals surface area contributed by atoms with Gasteiger partial charge in [-0.2, -0.15) is 0 Å². The molecule has 0 bridgehead atoms. The molecule has 0 N–H and O–H groups in total. The predicted molar refractivity (Wildman–Crippen MR) is 73.7 cm³/mol. The minimum absolute atomic E-state index is 0.0370. The molecule has 1 aromatic heterocycles. The number of amides is 2. The minimum atomic E-state index is -1.01. The molecular formula is C13H10N2O6S. The van der Waals surface area contributed by atoms with Crippen molar-refractivity contribution < 1.29 is 24.1 Å². The number of hydrogen-bond acceptors (Lipinski definition) is 7. The van der Waals surface area contributed by atoms with Crippen molar-refractivity contribution in [1.29, 1.82) is 0 Å². The van der Waals surface area contributed by atoms with Crippen molar-refractivity contribution in [3.63, 3.8) is 0 Å². The number of Topliss-reactive ketones (excluding diaryl/α,β-unsaturated/α-hetero) is 2. The van der Waals surface area contributed by atoms with Gasteiger partial charge in [-0.1, -0.05) is 11.3 Å². The summed E-state index contributed by atoms with van der Waals surface area (Å²) in [5, 5.41) is 11.8. The maximum Gasteiger partial charge on any atom is 0.337 e. The zero-order valence-electron chi connectivity index (χ0n) is 11.2. The summed E-state index contributed by atoms with van der Waals surface area (Å²) in [6.07, 6.45) is 0.543. The standard InChI is InChI=1S/C13H10N2O6S/c16-6-2-1-3-8(9(17)4-6)14-11(18)7-5-22-13(15(20)21)10(7)12(14)19/h5,8H,1-4H2/t8-/m0/s1. The van der Waals surface area contributed by atoms with Crippen molar-refractivity contribution >= 4 is 39.7 Å². The molecule has 114 valence electrons. The van der Waals surface area contributed by atoms with Gasteiger partial charge in [0.1, 0.15) is 11.3 Å². The molecule has 8 nitrogen and oxygen atoms in total. The van der Waals surface area contributed by atoms with Crippen LogP contribution in [0.2, 0.25) is 0 Å². The number of rotatable bonds is 2. The second-order valence-electron chi connectivity index (χ2n) is 5.16. The lowest BCUT2D eigenvalue weighted by atomic mass is 10.1. The fourth-order valence-electron chi connectivity index (χ4n) is 2.80. The van der Waals surface area contributed by atoms with Crippen LogP contribution in [0.15, 0.2) is 5.38 Å². The molecule has 0 saturated heterocycles. The largest absolute Gasteiger partial charge is 0.337 e. The fourth-order valence-corrected chi connectivity index (χ4v) is 3.65. The van der Waals surface area contributed by atoms with Crippen molar-refractivity contribution in [3.8, 4) is 0 Å². The Labute approximate surface area is 127 Å². The molecule has 22 heavy (non-hydrogen) atoms. The third-order valence-electron chi connectivity index (χ3n) is 3.81. The normalized spacial score (nSPS) is 22.0. The van der Waals surface area contributed by atoms with E-state index in [1.54, 1.807) is 0 Å². The highest BCUT2D eigenvalue weighted by molar-refractivity contribution is 7.14. The SMILES string of the molecule is O=C1CCC[C@H](N2C(=O)c3csc([N+](=O)[O-])c3C2=O)C(=O)C1. The predicted octanol–water partition coefficient (Wildman–Crippen LogP) is 1.33. The summed E-state index contributed by atoms with van der Waals surface area (Å²) < 4.78 is 0. The number of thiophene rings is 1. The highest BCUT2D eigenvalue weighted by Gasteiger charge is 2.48. The van der Waals surface area contributed by atoms with Gasteiger partial charge in [0.05, 0.1) is 22.9 Å². The molecule has 1 aromatic rings. The molecule has 2 heterocycles. The Kier molecular flexibility index (Phi) is 3.36. The average Bonchev–Trinajstić information content (AvgIpc) is 2.92. The fraction of sp³-hybridized carbons (Fsp3) is 0.385. The van der Waals surface area contributed by atoms with Crippen LogP contribution in [0.1, 0.15) is 46.4 Å². The molecule has 1 aliphatic heterocycles. The van der Waals surface area contributed by atoms with E-state index in [0.29, 0.717) is 17.8 Å². The Bertz CT molecular complexity index is 737. The highest BCUT2D eigenvalue weighted by atomic mass is 32.1. The summed E-state index contributed by atoms with van der Waals surface area (Å²) in [6.45, 7) is 0. The van der Waals surface area contributed by atoms with Crippen molar-refractivity contribution in [2.24, 2.45) is 0 Å². The van der Waals surface area contributed by atoms with Crippen molar-refractivity contribution in [3.05, 3.63) is 26.6 Å². The Morgan fingerprint density at radius 2 is 1.95 bits per heavy atom. The molecule has 2 amide bonds. The van der Waals surface area contributed by atoms with Gasteiger partial charge in [-0.3, -0.25) is 34.2 Å². The van der Waals surface area contributed by atoms with E-state index in [1.165, 1.54) is 5.38 Å². The zero-order chi connectivity index (χ0) is 16.0. The van der Waals surface area contributed by atoms with Gasteiger partial charge >= 0.3 is 5.00 Å². The van der Waals surface area contributed by atoms with E-state index in [0.717, 1.165) is 4.90 Å². The maximum absolute atomic E-state index is 12.4. The monoisotopic (exact) mass is 322 g/mol. The first-order valence-corrected chi connectivity index (χ1v) is 7.48. The first-order chi connectivity index (χ1) is 10.4. The van der Waals surface area contributed by atoms with E-state index in [4.69, 9.17) is 0 Å². The number of carbonyl (C=O) groups is 4. The summed E-state index contributed by atoms with van der Waals surface area (Å²) in [5.41, 5.74) is -0.284. The number of nitro groups is 1. The first-order valence-electron chi connectivity index (χ1n) is 6.60. The number of hydrogen-bond donors (Lipinski definition) is 0. The van der Waals surface area contributed by atoms with E-state index >= 15 is 0 Å². The Balaban J connectivity index is 1.98. The van der Waals surface area contributed by atoms with Crippen LogP contribution >= 0.6 is 11.3 Å². The molecule has 2 aliphatic rings. The van der Waals surface area contributed by atoms with Gasteiger partial charge in [-0.05, 0) is 12.8 Å². The van der Waals surface area contributed by atoms with Gasteiger partial charge in [0.2, 0.25) is 0 Å². The molecule has 1 fully saturated rings. The summed E-state index contributed by atoms with van der Waals surface area (Å²) in [7, 11) is 0. The molecule has 0 unspecified atom stereocenters. The average molecular weight is 322 g/mol. The van der Waals surface area contributed by atoms with E-state index in [-0.39, 0.29) is 36.2 Å². The number of imide groups is 1. The zero-order valence-corrected chi connectivity index (χ0v) is 12.1. The Morgan fingerprint density at radius 3 is 2.64 bits per heavy atom. The molecule has 0 spiro atoms. The van der Waals surface area contributed by atoms with Gasteiger partial charge in [-0.25, -0.2) is 0 Å². The molecule has 0 aromatic carbocycles. The van der Waals surface area contributed by atoms with E-state index in [2.05, 4.69) is 0 Å². The van der Waals surface area contributed by atoms with E-state index in [1.807, 2.05) is 0 Å². The van der Waals surface area contributed by atoms with E-state index < -0.39 is 33.6 Å². The third-order valence-corrected chi connectivity index (χ3v) is 4.74. The molecule has 1 atom stereocenters. The Morgan fingerprint density at radius 1 is 1.23 bits per heavy atom. The molecule has 9 heteroatoms. The summed E-state index contributed by atoms with van der Waals surface area (Å²) in [4.78, 5) is 59.3. The first kappa shape index (κ1) is 14.5. The summed E-state index contributed by atoms with van der Waals surface area (Å²) in [5.74, 6) is -2.22. The molecule has 3 rings (SSSR count). The van der Waals surface area contributed by atoms with Gasteiger partial charge in [0, 0.05) is 11.8 Å².